The van der Waals surface area contributed by atoms with Gasteiger partial charge in [0.25, 0.3) is 5.91 Å². The second-order valence-corrected chi connectivity index (χ2v) is 2.52. The molecule has 0 N–H and O–H groups in total. The zero-order chi connectivity index (χ0) is 7.56. The zero-order valence-corrected chi connectivity index (χ0v) is 6.37. The van der Waals surface area contributed by atoms with Crippen molar-refractivity contribution >= 4 is 12.2 Å². The van der Waals surface area contributed by atoms with E-state index >= 15 is 0 Å². The molecular formula is C7H12N2O. The van der Waals surface area contributed by atoms with Crippen LogP contribution in [0.1, 0.15) is 19.8 Å². The van der Waals surface area contributed by atoms with Gasteiger partial charge in [-0.05, 0) is 6.42 Å². The number of aliphatic imine (C=N–C) groups is 1. The molecule has 56 valence electrons. The molecule has 0 saturated carbocycles. The van der Waals surface area contributed by atoms with E-state index in [0.29, 0.717) is 0 Å². The third kappa shape index (κ3) is 1.17. The van der Waals surface area contributed by atoms with Crippen molar-refractivity contribution in [3.63, 3.8) is 0 Å². The number of hydrogen-bond donors (Lipinski definition) is 0. The standard InChI is InChI=1S/C7H12N2O/c1-3-4-6-7(10)9(2)5-8-6/h5-6H,3-4H2,1-2H3. The van der Waals surface area contributed by atoms with Gasteiger partial charge in [0.1, 0.15) is 6.04 Å². The largest absolute Gasteiger partial charge is 0.305 e. The molecule has 0 aromatic rings. The lowest BCUT2D eigenvalue weighted by Crippen LogP contribution is -2.26. The zero-order valence-electron chi connectivity index (χ0n) is 6.37. The average molecular weight is 140 g/mol. The second kappa shape index (κ2) is 2.82. The topological polar surface area (TPSA) is 32.7 Å². The number of rotatable bonds is 2. The monoisotopic (exact) mass is 140 g/mol. The summed E-state index contributed by atoms with van der Waals surface area (Å²) in [5.74, 6) is 0.127. The van der Waals surface area contributed by atoms with E-state index < -0.39 is 0 Å². The lowest BCUT2D eigenvalue weighted by Gasteiger charge is -2.06. The van der Waals surface area contributed by atoms with E-state index in [4.69, 9.17) is 0 Å². The number of carbonyl (C=O) groups is 1. The Balaban J connectivity index is 2.50. The maximum atomic E-state index is 11.1. The molecule has 0 spiro atoms. The van der Waals surface area contributed by atoms with Crippen LogP contribution in [0.4, 0.5) is 0 Å². The number of likely N-dealkylation sites (N-methyl/N-ethyl adjacent to an activating group) is 1. The summed E-state index contributed by atoms with van der Waals surface area (Å²) >= 11 is 0. The number of amides is 1. The first-order chi connectivity index (χ1) is 4.75. The van der Waals surface area contributed by atoms with Crippen molar-refractivity contribution in [1.82, 2.24) is 4.90 Å². The van der Waals surface area contributed by atoms with E-state index in [9.17, 15) is 4.79 Å². The Morgan fingerprint density at radius 3 is 2.90 bits per heavy atom. The molecule has 0 fully saturated rings. The third-order valence-corrected chi connectivity index (χ3v) is 1.61. The highest BCUT2D eigenvalue weighted by Gasteiger charge is 2.23. The van der Waals surface area contributed by atoms with E-state index in [1.165, 1.54) is 0 Å². The van der Waals surface area contributed by atoms with Crippen molar-refractivity contribution in [3.8, 4) is 0 Å². The summed E-state index contributed by atoms with van der Waals surface area (Å²) in [5.41, 5.74) is 0. The van der Waals surface area contributed by atoms with Crippen LogP contribution in [0.2, 0.25) is 0 Å². The van der Waals surface area contributed by atoms with Gasteiger partial charge in [-0.25, -0.2) is 0 Å². The fourth-order valence-electron chi connectivity index (χ4n) is 1.01. The smallest absolute Gasteiger partial charge is 0.252 e. The van der Waals surface area contributed by atoms with Crippen LogP contribution in [0.3, 0.4) is 0 Å². The predicted molar refractivity (Wildman–Crippen MR) is 40.0 cm³/mol. The van der Waals surface area contributed by atoms with E-state index in [-0.39, 0.29) is 11.9 Å². The maximum absolute atomic E-state index is 11.1. The molecule has 3 heteroatoms. The van der Waals surface area contributed by atoms with Crippen LogP contribution in [-0.2, 0) is 4.79 Å². The number of carbonyl (C=O) groups excluding carboxylic acids is 1. The summed E-state index contributed by atoms with van der Waals surface area (Å²) < 4.78 is 0. The van der Waals surface area contributed by atoms with Gasteiger partial charge in [-0.1, -0.05) is 13.3 Å². The summed E-state index contributed by atoms with van der Waals surface area (Å²) in [6.45, 7) is 2.06. The van der Waals surface area contributed by atoms with Gasteiger partial charge in [-0.3, -0.25) is 9.79 Å². The molecule has 0 aromatic heterocycles. The van der Waals surface area contributed by atoms with Gasteiger partial charge in [-0.2, -0.15) is 0 Å². The molecule has 0 aromatic carbocycles. The Morgan fingerprint density at radius 2 is 2.50 bits per heavy atom. The predicted octanol–water partition coefficient (Wildman–Crippen LogP) is 0.655. The Hall–Kier alpha value is -0.860. The molecule has 0 bridgehead atoms. The van der Waals surface area contributed by atoms with E-state index in [1.807, 2.05) is 0 Å². The van der Waals surface area contributed by atoms with Crippen molar-refractivity contribution < 1.29 is 4.79 Å². The van der Waals surface area contributed by atoms with Crippen LogP contribution >= 0.6 is 0 Å². The average Bonchev–Trinajstić information content (AvgIpc) is 2.20. The van der Waals surface area contributed by atoms with Crippen LogP contribution < -0.4 is 0 Å². The quantitative estimate of drug-likeness (QED) is 0.554. The first kappa shape index (κ1) is 7.25. The van der Waals surface area contributed by atoms with Crippen LogP contribution in [0, 0.1) is 0 Å². The van der Waals surface area contributed by atoms with Crippen LogP contribution in [0.5, 0.6) is 0 Å². The molecule has 0 saturated heterocycles. The highest BCUT2D eigenvalue weighted by molar-refractivity contribution is 5.96. The van der Waals surface area contributed by atoms with E-state index in [1.54, 1.807) is 18.3 Å². The Bertz CT molecular complexity index is 165. The summed E-state index contributed by atoms with van der Waals surface area (Å²) in [6, 6.07) is -0.0880. The van der Waals surface area contributed by atoms with Crippen molar-refractivity contribution in [3.05, 3.63) is 0 Å². The second-order valence-electron chi connectivity index (χ2n) is 2.52. The molecule has 0 aliphatic carbocycles. The van der Waals surface area contributed by atoms with Gasteiger partial charge in [-0.15, -0.1) is 0 Å². The van der Waals surface area contributed by atoms with Crippen LogP contribution in [0.25, 0.3) is 0 Å². The van der Waals surface area contributed by atoms with Gasteiger partial charge in [0.05, 0.1) is 6.34 Å². The van der Waals surface area contributed by atoms with Crippen molar-refractivity contribution in [2.45, 2.75) is 25.8 Å². The minimum atomic E-state index is -0.0880. The summed E-state index contributed by atoms with van der Waals surface area (Å²) in [7, 11) is 1.74. The molecule has 1 unspecified atom stereocenters. The van der Waals surface area contributed by atoms with E-state index in [0.717, 1.165) is 12.8 Å². The first-order valence-corrected chi connectivity index (χ1v) is 3.55. The fourth-order valence-corrected chi connectivity index (χ4v) is 1.01. The van der Waals surface area contributed by atoms with Gasteiger partial charge >= 0.3 is 0 Å². The van der Waals surface area contributed by atoms with Crippen molar-refractivity contribution in [1.29, 1.82) is 0 Å². The molecule has 10 heavy (non-hydrogen) atoms. The molecule has 0 radical (unpaired) electrons. The normalized spacial score (nSPS) is 24.4. The molecular weight excluding hydrogens is 128 g/mol. The lowest BCUT2D eigenvalue weighted by molar-refractivity contribution is -0.126. The Labute approximate surface area is 60.7 Å². The minimum absolute atomic E-state index is 0.0880. The molecule has 1 heterocycles. The van der Waals surface area contributed by atoms with Crippen LogP contribution in [0.15, 0.2) is 4.99 Å². The molecule has 1 rings (SSSR count). The van der Waals surface area contributed by atoms with Crippen molar-refractivity contribution in [2.75, 3.05) is 7.05 Å². The number of nitrogens with zero attached hydrogens (tertiary/aromatic N) is 2. The highest BCUT2D eigenvalue weighted by atomic mass is 16.2. The summed E-state index contributed by atoms with van der Waals surface area (Å²) in [6.07, 6.45) is 3.49. The third-order valence-electron chi connectivity index (χ3n) is 1.61. The molecule has 1 atom stereocenters. The molecule has 1 aliphatic heterocycles. The molecule has 3 nitrogen and oxygen atoms in total. The SMILES string of the molecule is CCCC1N=CN(C)C1=O. The highest BCUT2D eigenvalue weighted by Crippen LogP contribution is 2.09. The maximum Gasteiger partial charge on any atom is 0.252 e. The Kier molecular flexibility index (Phi) is 2.04. The van der Waals surface area contributed by atoms with Gasteiger partial charge in [0.2, 0.25) is 0 Å². The number of hydrogen-bond acceptors (Lipinski definition) is 2. The minimum Gasteiger partial charge on any atom is -0.305 e. The van der Waals surface area contributed by atoms with E-state index in [2.05, 4.69) is 11.9 Å². The summed E-state index contributed by atoms with van der Waals surface area (Å²) in [4.78, 5) is 16.7. The lowest BCUT2D eigenvalue weighted by atomic mass is 10.2. The van der Waals surface area contributed by atoms with Gasteiger partial charge < -0.3 is 4.90 Å². The van der Waals surface area contributed by atoms with Crippen molar-refractivity contribution in [2.24, 2.45) is 4.99 Å². The van der Waals surface area contributed by atoms with Crippen LogP contribution in [-0.4, -0.2) is 30.2 Å². The van der Waals surface area contributed by atoms with Gasteiger partial charge in [0, 0.05) is 7.05 Å². The first-order valence-electron chi connectivity index (χ1n) is 3.55. The van der Waals surface area contributed by atoms with Gasteiger partial charge in [0.15, 0.2) is 0 Å². The molecule has 1 amide bonds. The summed E-state index contributed by atoms with van der Waals surface area (Å²) in [5, 5.41) is 0. The fraction of sp³-hybridized carbons (Fsp3) is 0.714. The Morgan fingerprint density at radius 1 is 1.80 bits per heavy atom. The molecule has 1 aliphatic rings.